The molecule has 0 radical (unpaired) electrons. The molecule has 0 aliphatic rings. The zero-order chi connectivity index (χ0) is 9.68. The van der Waals surface area contributed by atoms with Crippen LogP contribution in [0.4, 0.5) is 5.69 Å². The number of para-hydroxylation sites is 1. The third kappa shape index (κ3) is 3.13. The van der Waals surface area contributed by atoms with Gasteiger partial charge in [-0.3, -0.25) is 5.43 Å². The summed E-state index contributed by atoms with van der Waals surface area (Å²) in [5.41, 5.74) is 3.18. The minimum absolute atomic E-state index is 0.496. The Morgan fingerprint density at radius 2 is 2.00 bits per heavy atom. The first kappa shape index (κ1) is 9.54. The van der Waals surface area contributed by atoms with E-state index in [0.29, 0.717) is 5.69 Å². The van der Waals surface area contributed by atoms with Crippen molar-refractivity contribution in [1.29, 1.82) is 0 Å². The lowest BCUT2D eigenvalue weighted by atomic mass is 10.3. The average Bonchev–Trinajstić information content (AvgIpc) is 2.15. The quantitative estimate of drug-likeness (QED) is 0.575. The van der Waals surface area contributed by atoms with Gasteiger partial charge in [-0.2, -0.15) is 5.10 Å². The van der Waals surface area contributed by atoms with E-state index in [1.54, 1.807) is 24.3 Å². The highest BCUT2D eigenvalue weighted by atomic mass is 35.5. The Morgan fingerprint density at radius 1 is 1.38 bits per heavy atom. The summed E-state index contributed by atoms with van der Waals surface area (Å²) in [6, 6.07) is 8.93. The molecule has 2 N–H and O–H groups in total. The van der Waals surface area contributed by atoms with E-state index in [9.17, 15) is 4.79 Å². The lowest BCUT2D eigenvalue weighted by Gasteiger charge is -1.97. The minimum atomic E-state index is -1.26. The molecule has 0 fully saturated rings. The van der Waals surface area contributed by atoms with Crippen LogP contribution in [-0.4, -0.2) is 16.2 Å². The number of hydrogen-bond acceptors (Lipinski definition) is 3. The van der Waals surface area contributed by atoms with Gasteiger partial charge in [-0.05, 0) is 12.1 Å². The van der Waals surface area contributed by atoms with Crippen LogP contribution in [0.2, 0.25) is 0 Å². The van der Waals surface area contributed by atoms with E-state index in [1.165, 1.54) is 0 Å². The van der Waals surface area contributed by atoms with Gasteiger partial charge >= 0.3 is 5.97 Å². The van der Waals surface area contributed by atoms with Crippen LogP contribution < -0.4 is 5.43 Å². The summed E-state index contributed by atoms with van der Waals surface area (Å²) >= 11 is 5.25. The fourth-order valence-electron chi connectivity index (χ4n) is 0.674. The van der Waals surface area contributed by atoms with E-state index in [2.05, 4.69) is 10.5 Å². The summed E-state index contributed by atoms with van der Waals surface area (Å²) in [5, 5.41) is 11.3. The van der Waals surface area contributed by atoms with E-state index in [1.807, 2.05) is 6.07 Å². The molecule has 4 nitrogen and oxygen atoms in total. The van der Waals surface area contributed by atoms with E-state index < -0.39 is 11.1 Å². The molecule has 0 aliphatic carbocycles. The van der Waals surface area contributed by atoms with Crippen LogP contribution >= 0.6 is 11.6 Å². The highest BCUT2D eigenvalue weighted by molar-refractivity contribution is 6.81. The number of nitrogens with zero attached hydrogens (tertiary/aromatic N) is 1. The highest BCUT2D eigenvalue weighted by Crippen LogP contribution is 2.04. The molecular weight excluding hydrogens is 192 g/mol. The van der Waals surface area contributed by atoms with Crippen molar-refractivity contribution in [2.24, 2.45) is 5.10 Å². The Morgan fingerprint density at radius 3 is 2.54 bits per heavy atom. The van der Waals surface area contributed by atoms with Gasteiger partial charge in [0.05, 0.1) is 5.69 Å². The van der Waals surface area contributed by atoms with Gasteiger partial charge in [0, 0.05) is 0 Å². The van der Waals surface area contributed by atoms with Crippen molar-refractivity contribution in [3.05, 3.63) is 30.3 Å². The Bertz CT molecular complexity index is 324. The third-order valence-corrected chi connectivity index (χ3v) is 1.48. The van der Waals surface area contributed by atoms with Crippen LogP contribution in [0, 0.1) is 0 Å². The lowest BCUT2D eigenvalue weighted by Crippen LogP contribution is -2.07. The van der Waals surface area contributed by atoms with Gasteiger partial charge in [0.1, 0.15) is 0 Å². The Kier molecular flexibility index (Phi) is 3.28. The Balaban J connectivity index is 2.62. The van der Waals surface area contributed by atoms with Crippen molar-refractivity contribution in [2.45, 2.75) is 0 Å². The standard InChI is InChI=1S/C8H7ClN2O2/c9-7(8(12)13)11-10-6-4-2-1-3-5-6/h1-5,10H,(H,12,13)/b11-7+. The molecule has 1 rings (SSSR count). The average molecular weight is 199 g/mol. The minimum Gasteiger partial charge on any atom is -0.476 e. The molecule has 0 aromatic heterocycles. The summed E-state index contributed by atoms with van der Waals surface area (Å²) in [7, 11) is 0. The molecule has 0 unspecified atom stereocenters. The molecule has 0 bridgehead atoms. The number of anilines is 1. The lowest BCUT2D eigenvalue weighted by molar-refractivity contribution is -0.129. The number of rotatable bonds is 3. The molecule has 1 aromatic carbocycles. The van der Waals surface area contributed by atoms with Gasteiger partial charge < -0.3 is 5.11 Å². The monoisotopic (exact) mass is 198 g/mol. The molecular formula is C8H7ClN2O2. The van der Waals surface area contributed by atoms with Crippen LogP contribution in [0.3, 0.4) is 0 Å². The fourth-order valence-corrected chi connectivity index (χ4v) is 0.716. The predicted octanol–water partition coefficient (Wildman–Crippen LogP) is 1.74. The number of halogens is 1. The van der Waals surface area contributed by atoms with Crippen molar-refractivity contribution in [3.8, 4) is 0 Å². The second kappa shape index (κ2) is 4.47. The number of hydrazone groups is 1. The first-order valence-corrected chi connectivity index (χ1v) is 3.85. The van der Waals surface area contributed by atoms with E-state index >= 15 is 0 Å². The molecule has 0 heterocycles. The van der Waals surface area contributed by atoms with Crippen LogP contribution in [0.5, 0.6) is 0 Å². The van der Waals surface area contributed by atoms with Crippen LogP contribution in [0.25, 0.3) is 0 Å². The molecule has 0 aliphatic heterocycles. The van der Waals surface area contributed by atoms with E-state index in [4.69, 9.17) is 16.7 Å². The number of hydrogen-bond donors (Lipinski definition) is 2. The summed E-state index contributed by atoms with van der Waals surface area (Å²) in [6.45, 7) is 0. The van der Waals surface area contributed by atoms with Gasteiger partial charge in [-0.15, -0.1) is 0 Å². The first-order valence-electron chi connectivity index (χ1n) is 3.47. The summed E-state index contributed by atoms with van der Waals surface area (Å²) in [6.07, 6.45) is 0. The Labute approximate surface area is 79.8 Å². The highest BCUT2D eigenvalue weighted by Gasteiger charge is 2.03. The van der Waals surface area contributed by atoms with Crippen LogP contribution in [0.15, 0.2) is 35.4 Å². The second-order valence-corrected chi connectivity index (χ2v) is 2.54. The molecule has 0 saturated carbocycles. The number of benzene rings is 1. The van der Waals surface area contributed by atoms with E-state index in [0.717, 1.165) is 0 Å². The van der Waals surface area contributed by atoms with Gasteiger partial charge in [-0.25, -0.2) is 4.79 Å². The predicted molar refractivity (Wildman–Crippen MR) is 51.0 cm³/mol. The van der Waals surface area contributed by atoms with E-state index in [-0.39, 0.29) is 0 Å². The van der Waals surface area contributed by atoms with Gasteiger partial charge in [0.25, 0.3) is 0 Å². The molecule has 1 aromatic rings. The molecule has 0 amide bonds. The Hall–Kier alpha value is -1.55. The molecule has 0 atom stereocenters. The van der Waals surface area contributed by atoms with Gasteiger partial charge in [0.15, 0.2) is 0 Å². The smallest absolute Gasteiger partial charge is 0.368 e. The first-order chi connectivity index (χ1) is 6.20. The topological polar surface area (TPSA) is 61.7 Å². The van der Waals surface area contributed by atoms with Crippen molar-refractivity contribution >= 4 is 28.4 Å². The zero-order valence-electron chi connectivity index (χ0n) is 6.57. The number of nitrogens with one attached hydrogen (secondary N) is 1. The van der Waals surface area contributed by atoms with Crippen molar-refractivity contribution in [1.82, 2.24) is 0 Å². The zero-order valence-corrected chi connectivity index (χ0v) is 7.32. The third-order valence-electron chi connectivity index (χ3n) is 1.23. The molecule has 68 valence electrons. The number of carbonyl (C=O) groups is 1. The molecule has 0 saturated heterocycles. The molecule has 13 heavy (non-hydrogen) atoms. The number of carboxylic acids is 1. The van der Waals surface area contributed by atoms with Crippen LogP contribution in [-0.2, 0) is 4.79 Å². The molecule has 5 heteroatoms. The maximum atomic E-state index is 10.2. The maximum absolute atomic E-state index is 10.2. The molecule has 0 spiro atoms. The number of aliphatic carboxylic acids is 1. The number of carboxylic acid groups (broad SMARTS) is 1. The summed E-state index contributed by atoms with van der Waals surface area (Å²) < 4.78 is 0. The van der Waals surface area contributed by atoms with Gasteiger partial charge in [0.2, 0.25) is 5.17 Å². The van der Waals surface area contributed by atoms with Crippen LogP contribution in [0.1, 0.15) is 0 Å². The normalized spacial score (nSPS) is 11.0. The summed E-state index contributed by atoms with van der Waals surface area (Å²) in [4.78, 5) is 10.2. The SMILES string of the molecule is O=C(O)/C(Cl)=N\Nc1ccccc1. The van der Waals surface area contributed by atoms with Crippen molar-refractivity contribution in [2.75, 3.05) is 5.43 Å². The van der Waals surface area contributed by atoms with Gasteiger partial charge in [-0.1, -0.05) is 29.8 Å². The van der Waals surface area contributed by atoms with Crippen molar-refractivity contribution < 1.29 is 9.90 Å². The summed E-state index contributed by atoms with van der Waals surface area (Å²) in [5.74, 6) is -1.26. The largest absolute Gasteiger partial charge is 0.476 e. The second-order valence-electron chi connectivity index (χ2n) is 2.19. The fraction of sp³-hybridized carbons (Fsp3) is 0. The van der Waals surface area contributed by atoms with Crippen molar-refractivity contribution in [3.63, 3.8) is 0 Å². The maximum Gasteiger partial charge on any atom is 0.368 e.